The summed E-state index contributed by atoms with van der Waals surface area (Å²) in [7, 11) is 0. The molecule has 21 heavy (non-hydrogen) atoms. The van der Waals surface area contributed by atoms with Gasteiger partial charge in [0.1, 0.15) is 12.4 Å². The van der Waals surface area contributed by atoms with E-state index in [9.17, 15) is 0 Å². The summed E-state index contributed by atoms with van der Waals surface area (Å²) in [6.45, 7) is 6.66. The third-order valence-electron chi connectivity index (χ3n) is 3.87. The molecule has 0 bridgehead atoms. The molecule has 2 aromatic rings. The molecule has 0 fully saturated rings. The molecule has 3 heteroatoms. The summed E-state index contributed by atoms with van der Waals surface area (Å²) in [5.74, 6) is 1.25. The van der Waals surface area contributed by atoms with E-state index in [1.165, 1.54) is 44.3 Å². The number of nitrogens with zero attached hydrogens (tertiary/aromatic N) is 3. The minimum absolute atomic E-state index is 1.07. The van der Waals surface area contributed by atoms with E-state index in [4.69, 9.17) is 0 Å². The van der Waals surface area contributed by atoms with Crippen LogP contribution >= 0.6 is 0 Å². The Balaban J connectivity index is 2.17. The average molecular weight is 286 g/mol. The highest BCUT2D eigenvalue weighted by molar-refractivity contribution is 5.45. The smallest absolute Gasteiger partial charge is 0.248 e. The first kappa shape index (κ1) is 15.7. The van der Waals surface area contributed by atoms with Crippen LogP contribution in [-0.2, 0) is 13.1 Å². The maximum Gasteiger partial charge on any atom is 0.307 e. The summed E-state index contributed by atoms with van der Waals surface area (Å²) in [5, 5.41) is 0. The molecule has 0 saturated heterocycles. The van der Waals surface area contributed by atoms with E-state index >= 15 is 0 Å². The maximum atomic E-state index is 4.55. The topological polar surface area (TPSA) is 21.7 Å². The fourth-order valence-electron chi connectivity index (χ4n) is 2.65. The van der Waals surface area contributed by atoms with Crippen molar-refractivity contribution in [3.05, 3.63) is 36.8 Å². The van der Waals surface area contributed by atoms with Crippen molar-refractivity contribution in [3.8, 4) is 11.5 Å². The molecule has 0 spiro atoms. The third kappa shape index (κ3) is 4.42. The Bertz CT molecular complexity index is 517. The van der Waals surface area contributed by atoms with Gasteiger partial charge in [0, 0.05) is 6.20 Å². The van der Waals surface area contributed by atoms with Crippen LogP contribution < -0.4 is 4.57 Å². The molecule has 0 aliphatic rings. The lowest BCUT2D eigenvalue weighted by atomic mass is 10.2. The van der Waals surface area contributed by atoms with Crippen molar-refractivity contribution in [3.63, 3.8) is 0 Å². The summed E-state index contributed by atoms with van der Waals surface area (Å²) in [4.78, 5) is 4.55. The number of rotatable bonds is 9. The quantitative estimate of drug-likeness (QED) is 0.499. The van der Waals surface area contributed by atoms with Crippen LogP contribution in [0.2, 0.25) is 0 Å². The van der Waals surface area contributed by atoms with Gasteiger partial charge in [-0.2, -0.15) is 0 Å². The number of aryl methyl sites for hydroxylation is 2. The molecule has 0 aliphatic carbocycles. The molecule has 0 unspecified atom stereocenters. The molecular formula is C18H28N3+. The van der Waals surface area contributed by atoms with Crippen LogP contribution in [0.25, 0.3) is 11.5 Å². The Morgan fingerprint density at radius 3 is 2.62 bits per heavy atom. The van der Waals surface area contributed by atoms with Crippen molar-refractivity contribution in [1.82, 2.24) is 9.55 Å². The SMILES string of the molecule is CCCCCC[n+]1ccn(CCCC)c1-c1ccccn1. The Morgan fingerprint density at radius 2 is 1.90 bits per heavy atom. The molecule has 0 aliphatic heterocycles. The molecule has 0 radical (unpaired) electrons. The second-order valence-corrected chi connectivity index (χ2v) is 5.64. The second kappa shape index (κ2) is 8.60. The highest BCUT2D eigenvalue weighted by Crippen LogP contribution is 2.14. The molecule has 0 amide bonds. The van der Waals surface area contributed by atoms with Crippen molar-refractivity contribution >= 4 is 0 Å². The van der Waals surface area contributed by atoms with Gasteiger partial charge in [-0.3, -0.25) is 0 Å². The fraction of sp³-hybridized carbons (Fsp3) is 0.556. The van der Waals surface area contributed by atoms with Crippen LogP contribution in [0.1, 0.15) is 52.4 Å². The van der Waals surface area contributed by atoms with Crippen molar-refractivity contribution in [2.24, 2.45) is 0 Å². The van der Waals surface area contributed by atoms with E-state index in [2.05, 4.69) is 52.5 Å². The van der Waals surface area contributed by atoms with Gasteiger partial charge in [0.15, 0.2) is 5.69 Å². The third-order valence-corrected chi connectivity index (χ3v) is 3.87. The summed E-state index contributed by atoms with van der Waals surface area (Å²) in [6.07, 6.45) is 13.9. The van der Waals surface area contributed by atoms with Gasteiger partial charge < -0.3 is 0 Å². The van der Waals surface area contributed by atoms with Gasteiger partial charge in [0.25, 0.3) is 0 Å². The Morgan fingerprint density at radius 1 is 1.05 bits per heavy atom. The first-order valence-electron chi connectivity index (χ1n) is 8.36. The van der Waals surface area contributed by atoms with Gasteiger partial charge in [-0.05, 0) is 31.4 Å². The molecule has 3 nitrogen and oxygen atoms in total. The molecule has 2 heterocycles. The predicted octanol–water partition coefficient (Wildman–Crippen LogP) is 4.22. The standard InChI is InChI=1S/C18H28N3/c1-3-5-7-10-14-21-16-15-20(13-6-4-2)18(21)17-11-8-9-12-19-17/h8-9,11-12,15-16H,3-7,10,13-14H2,1-2H3/q+1. The lowest BCUT2D eigenvalue weighted by Crippen LogP contribution is -2.35. The Labute approximate surface area is 128 Å². The van der Waals surface area contributed by atoms with E-state index in [0.29, 0.717) is 0 Å². The van der Waals surface area contributed by atoms with Gasteiger partial charge in [-0.15, -0.1) is 0 Å². The molecule has 114 valence electrons. The van der Waals surface area contributed by atoms with Crippen LogP contribution in [0.4, 0.5) is 0 Å². The van der Waals surface area contributed by atoms with Gasteiger partial charge in [0.2, 0.25) is 0 Å². The molecule has 0 atom stereocenters. The molecular weight excluding hydrogens is 258 g/mol. The van der Waals surface area contributed by atoms with Crippen molar-refractivity contribution in [2.45, 2.75) is 65.5 Å². The monoisotopic (exact) mass is 286 g/mol. The lowest BCUT2D eigenvalue weighted by Gasteiger charge is -2.04. The number of unbranched alkanes of at least 4 members (excludes halogenated alkanes) is 4. The molecule has 2 aromatic heterocycles. The van der Waals surface area contributed by atoms with Gasteiger partial charge in [-0.1, -0.05) is 39.2 Å². The first-order valence-corrected chi connectivity index (χ1v) is 8.36. The first-order chi connectivity index (χ1) is 10.4. The fourth-order valence-corrected chi connectivity index (χ4v) is 2.65. The number of imidazole rings is 1. The van der Waals surface area contributed by atoms with E-state index in [-0.39, 0.29) is 0 Å². The van der Waals surface area contributed by atoms with Crippen LogP contribution in [0, 0.1) is 0 Å². The number of hydrogen-bond acceptors (Lipinski definition) is 1. The zero-order valence-corrected chi connectivity index (χ0v) is 13.5. The minimum Gasteiger partial charge on any atom is -0.248 e. The van der Waals surface area contributed by atoms with E-state index in [0.717, 1.165) is 18.8 Å². The van der Waals surface area contributed by atoms with Gasteiger partial charge in [0.05, 0.1) is 13.1 Å². The van der Waals surface area contributed by atoms with E-state index < -0.39 is 0 Å². The summed E-state index contributed by atoms with van der Waals surface area (Å²) >= 11 is 0. The summed E-state index contributed by atoms with van der Waals surface area (Å²) < 4.78 is 4.72. The van der Waals surface area contributed by atoms with Crippen molar-refractivity contribution < 1.29 is 4.57 Å². The normalized spacial score (nSPS) is 11.0. The predicted molar refractivity (Wildman–Crippen MR) is 86.9 cm³/mol. The zero-order chi connectivity index (χ0) is 14.9. The molecule has 0 saturated carbocycles. The minimum atomic E-state index is 1.07. The van der Waals surface area contributed by atoms with Crippen molar-refractivity contribution in [1.29, 1.82) is 0 Å². The van der Waals surface area contributed by atoms with Crippen molar-refractivity contribution in [2.75, 3.05) is 0 Å². The maximum absolute atomic E-state index is 4.55. The van der Waals surface area contributed by atoms with Crippen LogP contribution in [0.5, 0.6) is 0 Å². The van der Waals surface area contributed by atoms with Gasteiger partial charge in [-0.25, -0.2) is 14.1 Å². The molecule has 2 rings (SSSR count). The van der Waals surface area contributed by atoms with E-state index in [1.807, 2.05) is 12.3 Å². The Hall–Kier alpha value is -1.64. The largest absolute Gasteiger partial charge is 0.307 e. The van der Waals surface area contributed by atoms with Gasteiger partial charge >= 0.3 is 5.82 Å². The number of hydrogen-bond donors (Lipinski definition) is 0. The number of pyridine rings is 1. The summed E-state index contributed by atoms with van der Waals surface area (Å²) in [6, 6.07) is 6.16. The average Bonchev–Trinajstić information content (AvgIpc) is 2.93. The van der Waals surface area contributed by atoms with Crippen LogP contribution in [-0.4, -0.2) is 9.55 Å². The molecule has 0 aromatic carbocycles. The van der Waals surface area contributed by atoms with E-state index in [1.54, 1.807) is 0 Å². The zero-order valence-electron chi connectivity index (χ0n) is 13.5. The van der Waals surface area contributed by atoms with Crippen LogP contribution in [0.15, 0.2) is 36.8 Å². The number of aromatic nitrogens is 3. The molecule has 0 N–H and O–H groups in total. The van der Waals surface area contributed by atoms with Crippen LogP contribution in [0.3, 0.4) is 0 Å². The summed E-state index contributed by atoms with van der Waals surface area (Å²) in [5.41, 5.74) is 1.08. The second-order valence-electron chi connectivity index (χ2n) is 5.64. The highest BCUT2D eigenvalue weighted by atomic mass is 15.2. The Kier molecular flexibility index (Phi) is 6.45. The lowest BCUT2D eigenvalue weighted by molar-refractivity contribution is -0.686. The highest BCUT2D eigenvalue weighted by Gasteiger charge is 2.19.